The fraction of sp³-hybridized carbons (Fsp3) is 0.400. The summed E-state index contributed by atoms with van der Waals surface area (Å²) in [6.45, 7) is 2.85. The maximum atomic E-state index is 9.02. The lowest BCUT2D eigenvalue weighted by Gasteiger charge is -2.03. The number of benzene rings is 1. The highest BCUT2D eigenvalue weighted by atomic mass is 16.5. The first-order chi connectivity index (χ1) is 5.81. The average molecular weight is 164 g/mol. The van der Waals surface area contributed by atoms with Gasteiger partial charge in [0, 0.05) is 11.5 Å². The zero-order chi connectivity index (χ0) is 8.55. The van der Waals surface area contributed by atoms with Gasteiger partial charge in [0.05, 0.1) is 13.2 Å². The van der Waals surface area contributed by atoms with Gasteiger partial charge in [-0.25, -0.2) is 0 Å². The first-order valence-electron chi connectivity index (χ1n) is 4.15. The Hall–Kier alpha value is -1.02. The number of fused-ring (bicyclic) bond motifs is 1. The van der Waals surface area contributed by atoms with Crippen LogP contribution < -0.4 is 4.74 Å². The van der Waals surface area contributed by atoms with Crippen LogP contribution in [0.4, 0.5) is 0 Å². The molecule has 0 unspecified atom stereocenters. The van der Waals surface area contributed by atoms with Gasteiger partial charge in [-0.15, -0.1) is 0 Å². The van der Waals surface area contributed by atoms with Gasteiger partial charge >= 0.3 is 0 Å². The van der Waals surface area contributed by atoms with Crippen LogP contribution in [0.3, 0.4) is 0 Å². The Bertz CT molecular complexity index is 294. The van der Waals surface area contributed by atoms with Crippen molar-refractivity contribution < 1.29 is 9.84 Å². The molecule has 1 aliphatic rings. The Labute approximate surface area is 71.8 Å². The fourth-order valence-corrected chi connectivity index (χ4v) is 1.55. The molecule has 0 fully saturated rings. The smallest absolute Gasteiger partial charge is 0.123 e. The SMILES string of the molecule is Cc1ccc2c(c1)[C@H](CO)CO2. The van der Waals surface area contributed by atoms with E-state index in [4.69, 9.17) is 9.84 Å². The molecule has 0 saturated carbocycles. The fourth-order valence-electron chi connectivity index (χ4n) is 1.55. The number of hydrogen-bond acceptors (Lipinski definition) is 2. The highest BCUT2D eigenvalue weighted by Crippen LogP contribution is 2.33. The van der Waals surface area contributed by atoms with E-state index in [0.717, 1.165) is 11.3 Å². The van der Waals surface area contributed by atoms with Crippen molar-refractivity contribution in [1.29, 1.82) is 0 Å². The van der Waals surface area contributed by atoms with Gasteiger partial charge in [0.25, 0.3) is 0 Å². The molecule has 0 amide bonds. The lowest BCUT2D eigenvalue weighted by atomic mass is 10.0. The topological polar surface area (TPSA) is 29.5 Å². The summed E-state index contributed by atoms with van der Waals surface area (Å²) in [7, 11) is 0. The summed E-state index contributed by atoms with van der Waals surface area (Å²) >= 11 is 0. The van der Waals surface area contributed by atoms with Crippen molar-refractivity contribution in [3.05, 3.63) is 29.3 Å². The van der Waals surface area contributed by atoms with Crippen LogP contribution in [0.15, 0.2) is 18.2 Å². The summed E-state index contributed by atoms with van der Waals surface area (Å²) in [6, 6.07) is 6.09. The summed E-state index contributed by atoms with van der Waals surface area (Å²) in [4.78, 5) is 0. The molecule has 0 bridgehead atoms. The Kier molecular flexibility index (Phi) is 1.77. The van der Waals surface area contributed by atoms with Crippen molar-refractivity contribution >= 4 is 0 Å². The van der Waals surface area contributed by atoms with Crippen LogP contribution in [0.25, 0.3) is 0 Å². The minimum atomic E-state index is 0.177. The zero-order valence-electron chi connectivity index (χ0n) is 7.08. The molecular weight excluding hydrogens is 152 g/mol. The molecule has 12 heavy (non-hydrogen) atoms. The predicted molar refractivity (Wildman–Crippen MR) is 46.5 cm³/mol. The van der Waals surface area contributed by atoms with Crippen LogP contribution in [0.2, 0.25) is 0 Å². The number of aryl methyl sites for hydroxylation is 1. The summed E-state index contributed by atoms with van der Waals surface area (Å²) in [6.07, 6.45) is 0. The maximum absolute atomic E-state index is 9.02. The molecular formula is C10H12O2. The second kappa shape index (κ2) is 2.79. The summed E-state index contributed by atoms with van der Waals surface area (Å²) in [5.41, 5.74) is 2.37. The molecule has 1 heterocycles. The van der Waals surface area contributed by atoms with Gasteiger partial charge in [0.2, 0.25) is 0 Å². The van der Waals surface area contributed by atoms with E-state index < -0.39 is 0 Å². The number of ether oxygens (including phenoxy) is 1. The van der Waals surface area contributed by atoms with E-state index in [1.165, 1.54) is 5.56 Å². The minimum absolute atomic E-state index is 0.177. The van der Waals surface area contributed by atoms with Gasteiger partial charge in [-0.2, -0.15) is 0 Å². The van der Waals surface area contributed by atoms with Gasteiger partial charge in [0.1, 0.15) is 5.75 Å². The quantitative estimate of drug-likeness (QED) is 0.681. The van der Waals surface area contributed by atoms with Crippen molar-refractivity contribution in [3.63, 3.8) is 0 Å². The van der Waals surface area contributed by atoms with E-state index in [1.54, 1.807) is 0 Å². The predicted octanol–water partition coefficient (Wildman–Crippen LogP) is 1.46. The Morgan fingerprint density at radius 2 is 2.42 bits per heavy atom. The number of aliphatic hydroxyl groups is 1. The number of hydrogen-bond donors (Lipinski definition) is 1. The lowest BCUT2D eigenvalue weighted by Crippen LogP contribution is -2.04. The third-order valence-electron chi connectivity index (χ3n) is 2.27. The highest BCUT2D eigenvalue weighted by molar-refractivity contribution is 5.42. The molecule has 1 aliphatic heterocycles. The molecule has 2 heteroatoms. The van der Waals surface area contributed by atoms with E-state index in [1.807, 2.05) is 19.1 Å². The number of aliphatic hydroxyl groups excluding tert-OH is 1. The van der Waals surface area contributed by atoms with Crippen LogP contribution in [-0.4, -0.2) is 18.3 Å². The third-order valence-corrected chi connectivity index (χ3v) is 2.27. The van der Waals surface area contributed by atoms with Gasteiger partial charge in [-0.3, -0.25) is 0 Å². The van der Waals surface area contributed by atoms with E-state index in [2.05, 4.69) is 6.07 Å². The average Bonchev–Trinajstić information content (AvgIpc) is 2.46. The van der Waals surface area contributed by atoms with Crippen molar-refractivity contribution in [3.8, 4) is 5.75 Å². The van der Waals surface area contributed by atoms with Gasteiger partial charge in [0.15, 0.2) is 0 Å². The minimum Gasteiger partial charge on any atom is -0.493 e. The second-order valence-corrected chi connectivity index (χ2v) is 3.23. The van der Waals surface area contributed by atoms with Gasteiger partial charge < -0.3 is 9.84 Å². The first kappa shape index (κ1) is 7.62. The van der Waals surface area contributed by atoms with Crippen molar-refractivity contribution in [2.45, 2.75) is 12.8 Å². The molecule has 2 rings (SSSR count). The van der Waals surface area contributed by atoms with Crippen molar-refractivity contribution in [2.24, 2.45) is 0 Å². The second-order valence-electron chi connectivity index (χ2n) is 3.23. The molecule has 0 aromatic heterocycles. The third kappa shape index (κ3) is 1.08. The standard InChI is InChI=1S/C10H12O2/c1-7-2-3-10-9(4-7)8(5-11)6-12-10/h2-4,8,11H,5-6H2,1H3/t8-/m1/s1. The van der Waals surface area contributed by atoms with Crippen molar-refractivity contribution in [1.82, 2.24) is 0 Å². The normalized spacial score (nSPS) is 20.3. The number of rotatable bonds is 1. The van der Waals surface area contributed by atoms with Crippen LogP contribution >= 0.6 is 0 Å². The molecule has 1 atom stereocenters. The van der Waals surface area contributed by atoms with Gasteiger partial charge in [-0.1, -0.05) is 17.7 Å². The largest absolute Gasteiger partial charge is 0.493 e. The lowest BCUT2D eigenvalue weighted by molar-refractivity contribution is 0.232. The van der Waals surface area contributed by atoms with Gasteiger partial charge in [-0.05, 0) is 13.0 Å². The van der Waals surface area contributed by atoms with E-state index in [0.29, 0.717) is 6.61 Å². The maximum Gasteiger partial charge on any atom is 0.123 e. The molecule has 1 aromatic rings. The van der Waals surface area contributed by atoms with Crippen LogP contribution in [0, 0.1) is 6.92 Å². The van der Waals surface area contributed by atoms with E-state index >= 15 is 0 Å². The van der Waals surface area contributed by atoms with E-state index in [9.17, 15) is 0 Å². The van der Waals surface area contributed by atoms with Crippen LogP contribution in [0.1, 0.15) is 17.0 Å². The van der Waals surface area contributed by atoms with Crippen LogP contribution in [-0.2, 0) is 0 Å². The molecule has 0 spiro atoms. The Morgan fingerprint density at radius 1 is 1.58 bits per heavy atom. The summed E-state index contributed by atoms with van der Waals surface area (Å²) in [5, 5.41) is 9.02. The molecule has 1 N–H and O–H groups in total. The molecule has 0 saturated heterocycles. The molecule has 64 valence electrons. The zero-order valence-corrected chi connectivity index (χ0v) is 7.08. The summed E-state index contributed by atoms with van der Waals surface area (Å²) < 4.78 is 5.40. The molecule has 1 aromatic carbocycles. The monoisotopic (exact) mass is 164 g/mol. The Balaban J connectivity index is 2.42. The molecule has 0 radical (unpaired) electrons. The van der Waals surface area contributed by atoms with Crippen LogP contribution in [0.5, 0.6) is 5.75 Å². The van der Waals surface area contributed by atoms with E-state index in [-0.39, 0.29) is 12.5 Å². The first-order valence-corrected chi connectivity index (χ1v) is 4.15. The summed E-state index contributed by atoms with van der Waals surface area (Å²) in [5.74, 6) is 1.11. The van der Waals surface area contributed by atoms with Crippen molar-refractivity contribution in [2.75, 3.05) is 13.2 Å². The molecule has 2 nitrogen and oxygen atoms in total. The highest BCUT2D eigenvalue weighted by Gasteiger charge is 2.22. The molecule has 0 aliphatic carbocycles. The Morgan fingerprint density at radius 3 is 3.17 bits per heavy atom.